The van der Waals surface area contributed by atoms with E-state index < -0.39 is 58.4 Å². The average Bonchev–Trinajstić information content (AvgIpc) is 3.33. The molecule has 234 valence electrons. The Morgan fingerprint density at radius 3 is 2.23 bits per heavy atom. The third kappa shape index (κ3) is 7.49. The molecule has 43 heavy (non-hydrogen) atoms. The number of Topliss-reactive ketones (excluding diaryl/α,β-unsaturated/α-hetero) is 1. The summed E-state index contributed by atoms with van der Waals surface area (Å²) in [5, 5.41) is 16.1. The predicted molar refractivity (Wildman–Crippen MR) is 163 cm³/mol. The molecule has 2 aliphatic rings. The number of nitrogens with zero attached hydrogens (tertiary/aromatic N) is 2. The molecule has 11 heteroatoms. The van der Waals surface area contributed by atoms with Gasteiger partial charge < -0.3 is 20.6 Å². The van der Waals surface area contributed by atoms with E-state index >= 15 is 0 Å². The Kier molecular flexibility index (Phi) is 9.19. The molecule has 1 aromatic heterocycles. The lowest BCUT2D eigenvalue weighted by molar-refractivity contribution is -0.145. The van der Waals surface area contributed by atoms with Crippen molar-refractivity contribution in [2.75, 3.05) is 6.54 Å². The molecule has 1 aromatic carbocycles. The van der Waals surface area contributed by atoms with Gasteiger partial charge in [-0.05, 0) is 36.3 Å². The zero-order chi connectivity index (χ0) is 31.9. The van der Waals surface area contributed by atoms with Gasteiger partial charge in [0.15, 0.2) is 5.67 Å². The second-order valence-electron chi connectivity index (χ2n) is 14.0. The number of carbonyl (C=O) groups is 4. The Morgan fingerprint density at radius 2 is 1.72 bits per heavy atom. The van der Waals surface area contributed by atoms with E-state index in [1.807, 2.05) is 52.0 Å². The molecule has 0 bridgehead atoms. The summed E-state index contributed by atoms with van der Waals surface area (Å²) in [6.45, 7) is 12.5. The van der Waals surface area contributed by atoms with Crippen molar-refractivity contribution in [3.8, 4) is 10.4 Å². The van der Waals surface area contributed by atoms with Gasteiger partial charge in [-0.1, -0.05) is 65.8 Å². The molecule has 2 aromatic rings. The molecule has 4 rings (SSSR count). The minimum atomic E-state index is -1.97. The zero-order valence-electron chi connectivity index (χ0n) is 26.0. The van der Waals surface area contributed by atoms with Crippen molar-refractivity contribution in [3.05, 3.63) is 41.0 Å². The van der Waals surface area contributed by atoms with Gasteiger partial charge in [-0.2, -0.15) is 0 Å². The Balaban J connectivity index is 1.58. The number of nitrogens with one attached hydrogen (secondary N) is 2. The molecule has 2 fully saturated rings. The van der Waals surface area contributed by atoms with Crippen LogP contribution in [0.1, 0.15) is 84.5 Å². The number of carbonyl (C=O) groups excluding carboxylic acids is 4. The van der Waals surface area contributed by atoms with Crippen LogP contribution in [0.15, 0.2) is 29.8 Å². The van der Waals surface area contributed by atoms with Crippen LogP contribution < -0.4 is 10.6 Å². The Morgan fingerprint density at radius 1 is 1.09 bits per heavy atom. The van der Waals surface area contributed by atoms with E-state index in [0.29, 0.717) is 0 Å². The second kappa shape index (κ2) is 12.1. The van der Waals surface area contributed by atoms with E-state index in [2.05, 4.69) is 15.6 Å². The van der Waals surface area contributed by atoms with Gasteiger partial charge in [0, 0.05) is 24.8 Å². The minimum absolute atomic E-state index is 0.00103. The lowest BCUT2D eigenvalue weighted by Gasteiger charge is -2.36. The molecule has 1 aliphatic heterocycles. The zero-order valence-corrected chi connectivity index (χ0v) is 26.8. The third-order valence-corrected chi connectivity index (χ3v) is 9.19. The third-order valence-electron chi connectivity index (χ3n) is 8.21. The van der Waals surface area contributed by atoms with Crippen LogP contribution in [-0.4, -0.2) is 68.9 Å². The molecule has 0 radical (unpaired) electrons. The van der Waals surface area contributed by atoms with E-state index in [-0.39, 0.29) is 38.0 Å². The van der Waals surface area contributed by atoms with Gasteiger partial charge in [0.05, 0.1) is 28.2 Å². The smallest absolute Gasteiger partial charge is 0.258 e. The van der Waals surface area contributed by atoms with E-state index in [4.69, 9.17) is 0 Å². The normalized spacial score (nSPS) is 21.2. The fourth-order valence-electron chi connectivity index (χ4n) is 5.18. The largest absolute Gasteiger partial charge is 0.391 e. The van der Waals surface area contributed by atoms with Crippen molar-refractivity contribution in [2.24, 2.45) is 10.8 Å². The summed E-state index contributed by atoms with van der Waals surface area (Å²) in [5.41, 5.74) is 1.01. The van der Waals surface area contributed by atoms with Crippen LogP contribution in [0.2, 0.25) is 0 Å². The Labute approximate surface area is 256 Å². The number of ketones is 1. The first-order valence-corrected chi connectivity index (χ1v) is 15.6. The maximum atomic E-state index is 14.5. The molecule has 0 spiro atoms. The number of thiazole rings is 1. The molecule has 1 saturated carbocycles. The highest BCUT2D eigenvalue weighted by atomic mass is 32.1. The van der Waals surface area contributed by atoms with Gasteiger partial charge >= 0.3 is 0 Å². The van der Waals surface area contributed by atoms with Crippen LogP contribution in [0.3, 0.4) is 0 Å². The monoisotopic (exact) mass is 614 g/mol. The van der Waals surface area contributed by atoms with Gasteiger partial charge in [0.2, 0.25) is 11.8 Å². The number of aliphatic hydroxyl groups excluding tert-OH is 1. The lowest BCUT2D eigenvalue weighted by atomic mass is 9.85. The minimum Gasteiger partial charge on any atom is -0.391 e. The molecular formula is C32H43FN4O5S. The molecular weight excluding hydrogens is 571 g/mol. The average molecular weight is 615 g/mol. The number of halogens is 1. The van der Waals surface area contributed by atoms with Crippen LogP contribution in [-0.2, 0) is 19.2 Å². The first kappa shape index (κ1) is 32.7. The number of likely N-dealkylation sites (tertiary alicyclic amines) is 1. The number of β-amino-alcohol motifs (C(OH)–C–C–N with tert-alkyl or cyclic N) is 1. The van der Waals surface area contributed by atoms with E-state index in [1.165, 1.54) is 16.2 Å². The fraction of sp³-hybridized carbons (Fsp3) is 0.594. The topological polar surface area (TPSA) is 129 Å². The number of benzene rings is 1. The number of aromatic nitrogens is 1. The Bertz CT molecular complexity index is 1370. The van der Waals surface area contributed by atoms with Crippen molar-refractivity contribution >= 4 is 34.8 Å². The molecule has 3 amide bonds. The van der Waals surface area contributed by atoms with Gasteiger partial charge in [0.25, 0.3) is 5.91 Å². The number of aliphatic hydroxyl groups is 1. The van der Waals surface area contributed by atoms with Gasteiger partial charge in [-0.25, -0.2) is 9.37 Å². The van der Waals surface area contributed by atoms with Crippen molar-refractivity contribution in [3.63, 3.8) is 0 Å². The van der Waals surface area contributed by atoms with E-state index in [1.54, 1.807) is 26.3 Å². The van der Waals surface area contributed by atoms with Crippen LogP contribution in [0.5, 0.6) is 0 Å². The van der Waals surface area contributed by atoms with Crippen molar-refractivity contribution < 1.29 is 28.7 Å². The van der Waals surface area contributed by atoms with Crippen LogP contribution in [0.4, 0.5) is 4.39 Å². The van der Waals surface area contributed by atoms with Crippen molar-refractivity contribution in [1.29, 1.82) is 0 Å². The summed E-state index contributed by atoms with van der Waals surface area (Å²) in [5.74, 6) is -1.95. The maximum absolute atomic E-state index is 14.5. The molecule has 3 N–H and O–H groups in total. The Hall–Kier alpha value is -3.18. The fourth-order valence-corrected chi connectivity index (χ4v) is 5.99. The molecule has 1 aliphatic carbocycles. The van der Waals surface area contributed by atoms with Crippen LogP contribution in [0.25, 0.3) is 10.4 Å². The van der Waals surface area contributed by atoms with E-state index in [0.717, 1.165) is 21.7 Å². The van der Waals surface area contributed by atoms with E-state index in [9.17, 15) is 28.7 Å². The standard InChI is InChI=1S/C32H43FN4O5S/c1-18-25(43-17-34-18)20-10-8-19(9-11-20)22(15-24(39)30(2,3)4)35-27(40)23-14-21(38)16-37(23)28(41)26(31(5,6)7)36-29(42)32(33)12-13-32/h8-11,17,21-23,26,38H,12-16H2,1-7H3,(H,35,40)(H,36,42)/t21-,22+,23+,26-/m1/s1. The molecule has 4 atom stereocenters. The summed E-state index contributed by atoms with van der Waals surface area (Å²) in [6.07, 6.45) is -0.702. The second-order valence-corrected chi connectivity index (χ2v) is 14.8. The summed E-state index contributed by atoms with van der Waals surface area (Å²) in [7, 11) is 0. The summed E-state index contributed by atoms with van der Waals surface area (Å²) < 4.78 is 14.5. The quantitative estimate of drug-likeness (QED) is 0.387. The highest BCUT2D eigenvalue weighted by Gasteiger charge is 2.53. The highest BCUT2D eigenvalue weighted by molar-refractivity contribution is 7.13. The number of hydrogen-bond acceptors (Lipinski definition) is 7. The highest BCUT2D eigenvalue weighted by Crippen LogP contribution is 2.40. The SMILES string of the molecule is Cc1ncsc1-c1ccc([C@H](CC(=O)C(C)(C)C)NC(=O)[C@@H]2C[C@@H](O)CN2C(=O)[C@@H](NC(=O)C2(F)CC2)C(C)(C)C)cc1. The number of hydrogen-bond donors (Lipinski definition) is 3. The first-order chi connectivity index (χ1) is 19.9. The molecule has 9 nitrogen and oxygen atoms in total. The van der Waals surface area contributed by atoms with Gasteiger partial charge in [-0.3, -0.25) is 19.2 Å². The molecule has 1 saturated heterocycles. The summed E-state index contributed by atoms with van der Waals surface area (Å²) in [4.78, 5) is 59.9. The number of alkyl halides is 1. The number of rotatable bonds is 9. The lowest BCUT2D eigenvalue weighted by Crippen LogP contribution is -2.59. The number of amides is 3. The molecule has 0 unspecified atom stereocenters. The number of aryl methyl sites for hydroxylation is 1. The van der Waals surface area contributed by atoms with Crippen LogP contribution in [0, 0.1) is 17.8 Å². The van der Waals surface area contributed by atoms with Crippen molar-refractivity contribution in [1.82, 2.24) is 20.5 Å². The maximum Gasteiger partial charge on any atom is 0.258 e. The van der Waals surface area contributed by atoms with Crippen LogP contribution >= 0.6 is 11.3 Å². The van der Waals surface area contributed by atoms with Gasteiger partial charge in [0.1, 0.15) is 17.9 Å². The summed E-state index contributed by atoms with van der Waals surface area (Å²) in [6, 6.07) is 4.80. The predicted octanol–water partition coefficient (Wildman–Crippen LogP) is 4.28. The van der Waals surface area contributed by atoms with Crippen molar-refractivity contribution in [2.45, 2.75) is 104 Å². The first-order valence-electron chi connectivity index (χ1n) is 14.7. The summed E-state index contributed by atoms with van der Waals surface area (Å²) >= 11 is 1.53. The van der Waals surface area contributed by atoms with Gasteiger partial charge in [-0.15, -0.1) is 11.3 Å². The molecule has 2 heterocycles.